The molecule has 1 aromatic carbocycles. The van der Waals surface area contributed by atoms with Crippen molar-refractivity contribution in [3.8, 4) is 0 Å². The lowest BCUT2D eigenvalue weighted by Crippen LogP contribution is -2.47. The van der Waals surface area contributed by atoms with Gasteiger partial charge < -0.3 is 15.2 Å². The summed E-state index contributed by atoms with van der Waals surface area (Å²) < 4.78 is 12.0. The Hall–Kier alpha value is -1.65. The van der Waals surface area contributed by atoms with E-state index in [0.29, 0.717) is 18.3 Å². The van der Waals surface area contributed by atoms with Gasteiger partial charge in [0.05, 0.1) is 18.1 Å². The third-order valence-corrected chi connectivity index (χ3v) is 6.67. The van der Waals surface area contributed by atoms with Crippen molar-refractivity contribution in [1.29, 1.82) is 0 Å². The Balaban J connectivity index is 2.25. The molecule has 2 fully saturated rings. The Morgan fingerprint density at radius 1 is 1.20 bits per heavy atom. The Labute approximate surface area is 182 Å². The first-order valence-electron chi connectivity index (χ1n) is 11.7. The summed E-state index contributed by atoms with van der Waals surface area (Å²) in [6, 6.07) is 4.51. The molecule has 1 saturated heterocycles. The van der Waals surface area contributed by atoms with Crippen LogP contribution in [0.3, 0.4) is 0 Å². The summed E-state index contributed by atoms with van der Waals surface area (Å²) in [5, 5.41) is 0. The second kappa shape index (κ2) is 9.23. The first-order chi connectivity index (χ1) is 14.2. The number of ether oxygens (including phenoxy) is 2. The highest BCUT2D eigenvalue weighted by atomic mass is 16.6. The van der Waals surface area contributed by atoms with Crippen LogP contribution in [-0.2, 0) is 27.1 Å². The maximum Gasteiger partial charge on any atom is 0.313 e. The fourth-order valence-electron chi connectivity index (χ4n) is 4.63. The van der Waals surface area contributed by atoms with Crippen LogP contribution >= 0.6 is 0 Å². The van der Waals surface area contributed by atoms with E-state index in [1.165, 1.54) is 22.3 Å². The van der Waals surface area contributed by atoms with E-state index in [-0.39, 0.29) is 18.0 Å². The predicted molar refractivity (Wildman–Crippen MR) is 122 cm³/mol. The van der Waals surface area contributed by atoms with Crippen LogP contribution in [-0.4, -0.2) is 24.2 Å². The van der Waals surface area contributed by atoms with Gasteiger partial charge in [-0.1, -0.05) is 52.3 Å². The van der Waals surface area contributed by atoms with Gasteiger partial charge >= 0.3 is 5.97 Å². The number of epoxide rings is 1. The van der Waals surface area contributed by atoms with E-state index in [0.717, 1.165) is 44.1 Å². The fourth-order valence-corrected chi connectivity index (χ4v) is 4.63. The van der Waals surface area contributed by atoms with Gasteiger partial charge in [0.15, 0.2) is 0 Å². The summed E-state index contributed by atoms with van der Waals surface area (Å²) in [7, 11) is 0. The zero-order chi connectivity index (χ0) is 22.1. The van der Waals surface area contributed by atoms with E-state index in [1.54, 1.807) is 0 Å². The molecule has 1 aliphatic heterocycles. The monoisotopic (exact) mass is 413 g/mol. The van der Waals surface area contributed by atoms with Crippen LogP contribution < -0.4 is 5.73 Å². The van der Waals surface area contributed by atoms with Crippen LogP contribution in [0.4, 0.5) is 0 Å². The molecule has 1 aromatic rings. The number of esters is 1. The molecule has 4 heteroatoms. The van der Waals surface area contributed by atoms with Gasteiger partial charge in [-0.2, -0.15) is 0 Å². The van der Waals surface area contributed by atoms with Crippen molar-refractivity contribution in [3.05, 3.63) is 40.1 Å². The number of hydrogen-bond donors (Lipinski definition) is 1. The maximum atomic E-state index is 12.8. The number of hydrogen-bond acceptors (Lipinski definition) is 4. The molecule has 166 valence electrons. The van der Waals surface area contributed by atoms with Crippen LogP contribution in [0.5, 0.6) is 0 Å². The molecule has 0 bridgehead atoms. The van der Waals surface area contributed by atoms with Crippen molar-refractivity contribution in [2.75, 3.05) is 6.61 Å². The molecular weight excluding hydrogens is 374 g/mol. The Morgan fingerprint density at radius 2 is 1.73 bits per heavy atom. The van der Waals surface area contributed by atoms with Crippen LogP contribution in [0.25, 0.3) is 5.57 Å². The number of nitrogens with two attached hydrogens (primary N) is 1. The zero-order valence-electron chi connectivity index (χ0n) is 19.6. The van der Waals surface area contributed by atoms with Crippen molar-refractivity contribution in [3.63, 3.8) is 0 Å². The molecule has 1 saturated carbocycles. The normalized spacial score (nSPS) is 27.1. The molecule has 1 heterocycles. The highest BCUT2D eigenvalue weighted by Gasteiger charge is 2.44. The van der Waals surface area contributed by atoms with Crippen molar-refractivity contribution in [2.24, 2.45) is 17.6 Å². The molecule has 1 unspecified atom stereocenters. The number of carbonyl (C=O) groups is 1. The highest BCUT2D eigenvalue weighted by molar-refractivity contribution is 5.82. The summed E-state index contributed by atoms with van der Waals surface area (Å²) in [5.41, 5.74) is 12.5. The summed E-state index contributed by atoms with van der Waals surface area (Å²) >= 11 is 0. The number of rotatable bonds is 7. The van der Waals surface area contributed by atoms with Crippen molar-refractivity contribution >= 4 is 11.5 Å². The molecule has 0 amide bonds. The third-order valence-electron chi connectivity index (χ3n) is 6.67. The summed E-state index contributed by atoms with van der Waals surface area (Å²) in [4.78, 5) is 12.8. The molecule has 2 N–H and O–H groups in total. The average Bonchev–Trinajstić information content (AvgIpc) is 3.55. The Kier molecular flexibility index (Phi) is 7.09. The largest absolute Gasteiger partial charge is 0.428 e. The van der Waals surface area contributed by atoms with Gasteiger partial charge in [0.1, 0.15) is 11.9 Å². The van der Waals surface area contributed by atoms with Crippen LogP contribution in [0.15, 0.2) is 17.9 Å². The van der Waals surface area contributed by atoms with Gasteiger partial charge in [-0.15, -0.1) is 0 Å². The number of benzene rings is 1. The summed E-state index contributed by atoms with van der Waals surface area (Å²) in [6.07, 6.45) is 5.55. The van der Waals surface area contributed by atoms with Crippen molar-refractivity contribution in [2.45, 2.75) is 91.7 Å². The second-order valence-electron chi connectivity index (χ2n) is 9.64. The maximum absolute atomic E-state index is 12.8. The molecule has 0 aromatic heterocycles. The Bertz CT molecular complexity index is 787. The molecule has 1 atom stereocenters. The topological polar surface area (TPSA) is 64.8 Å². The minimum Gasteiger partial charge on any atom is -0.428 e. The van der Waals surface area contributed by atoms with Crippen molar-refractivity contribution in [1.82, 2.24) is 0 Å². The molecule has 0 spiro atoms. The highest BCUT2D eigenvalue weighted by Crippen LogP contribution is 2.44. The van der Waals surface area contributed by atoms with E-state index in [2.05, 4.69) is 39.8 Å². The third kappa shape index (κ3) is 4.81. The van der Waals surface area contributed by atoms with E-state index >= 15 is 0 Å². The molecular formula is C26H39NO3. The van der Waals surface area contributed by atoms with Gasteiger partial charge in [-0.25, -0.2) is 0 Å². The standard InChI is InChI=1S/C26H39NO3/c1-7-19-13-18(6)14-20(8-2)22(19)23(21-15-29-21)24(30-25(28)16(3)4)26(27)11-9-17(5)10-12-26/h13-14,16-17,21H,7-12,15,27H2,1-6H3/b24-23-. The second-order valence-corrected chi connectivity index (χ2v) is 9.64. The smallest absolute Gasteiger partial charge is 0.313 e. The zero-order valence-corrected chi connectivity index (χ0v) is 19.6. The quantitative estimate of drug-likeness (QED) is 0.372. The van der Waals surface area contributed by atoms with Crippen molar-refractivity contribution < 1.29 is 14.3 Å². The van der Waals surface area contributed by atoms with Gasteiger partial charge in [0.25, 0.3) is 0 Å². The molecule has 2 aliphatic rings. The van der Waals surface area contributed by atoms with Gasteiger partial charge in [0.2, 0.25) is 0 Å². The minimum absolute atomic E-state index is 0.0435. The number of aryl methyl sites for hydroxylation is 3. The lowest BCUT2D eigenvalue weighted by molar-refractivity contribution is -0.144. The average molecular weight is 414 g/mol. The molecule has 0 radical (unpaired) electrons. The molecule has 4 nitrogen and oxygen atoms in total. The van der Waals surface area contributed by atoms with Gasteiger partial charge in [-0.3, -0.25) is 4.79 Å². The SMILES string of the molecule is CCc1cc(C)cc(CC)c1/C(=C(\OC(=O)C(C)C)C1(N)CCC(C)CC1)C1CO1. The fraction of sp³-hybridized carbons (Fsp3) is 0.654. The van der Waals surface area contributed by atoms with E-state index in [9.17, 15) is 4.79 Å². The van der Waals surface area contributed by atoms with Crippen LogP contribution in [0.1, 0.15) is 82.6 Å². The molecule has 30 heavy (non-hydrogen) atoms. The van der Waals surface area contributed by atoms with Gasteiger partial charge in [-0.05, 0) is 68.1 Å². The Morgan fingerprint density at radius 3 is 2.17 bits per heavy atom. The van der Waals surface area contributed by atoms with Crippen LogP contribution in [0.2, 0.25) is 0 Å². The van der Waals surface area contributed by atoms with Crippen LogP contribution in [0, 0.1) is 18.8 Å². The minimum atomic E-state index is -0.626. The lowest BCUT2D eigenvalue weighted by atomic mass is 9.74. The number of carbonyl (C=O) groups excluding carboxylic acids is 1. The summed E-state index contributed by atoms with van der Waals surface area (Å²) in [6.45, 7) is 13.2. The lowest BCUT2D eigenvalue weighted by Gasteiger charge is -2.39. The van der Waals surface area contributed by atoms with Gasteiger partial charge in [0, 0.05) is 5.57 Å². The molecule has 3 rings (SSSR count). The first-order valence-corrected chi connectivity index (χ1v) is 11.7. The molecule has 1 aliphatic carbocycles. The first kappa shape index (κ1) is 23.0. The van der Waals surface area contributed by atoms with E-state index in [4.69, 9.17) is 15.2 Å². The van der Waals surface area contributed by atoms with E-state index < -0.39 is 5.54 Å². The predicted octanol–water partition coefficient (Wildman–Crippen LogP) is 5.34. The summed E-state index contributed by atoms with van der Waals surface area (Å²) in [5.74, 6) is 0.904. The van der Waals surface area contributed by atoms with E-state index in [1.807, 2.05) is 13.8 Å².